The van der Waals surface area contributed by atoms with Gasteiger partial charge in [0.05, 0.1) is 5.69 Å². The molecule has 0 amide bonds. The van der Waals surface area contributed by atoms with Gasteiger partial charge in [0.15, 0.2) is 5.78 Å². The Morgan fingerprint density at radius 3 is 2.17 bits per heavy atom. The van der Waals surface area contributed by atoms with E-state index in [4.69, 9.17) is 0 Å². The molecule has 94 valence electrons. The third kappa shape index (κ3) is 2.10. The van der Waals surface area contributed by atoms with Crippen LogP contribution in [0.4, 0.5) is 0 Å². The number of ketones is 1. The summed E-state index contributed by atoms with van der Waals surface area (Å²) in [6, 6.07) is 9.91. The number of aryl methyl sites for hydroxylation is 1. The molecule has 1 aromatic heterocycles. The van der Waals surface area contributed by atoms with Crippen LogP contribution in [-0.2, 0) is 0 Å². The molecule has 0 aliphatic rings. The highest BCUT2D eigenvalue weighted by Crippen LogP contribution is 2.24. The number of carbonyl (C=O) groups is 1. The molecule has 0 aliphatic carbocycles. The minimum absolute atomic E-state index is 0.109. The maximum absolute atomic E-state index is 12.5. The van der Waals surface area contributed by atoms with Crippen LogP contribution in [-0.4, -0.2) is 10.8 Å². The molecule has 1 atom stereocenters. The largest absolute Gasteiger partial charge is 0.356 e. The molecular weight excluding hydrogens is 222 g/mol. The summed E-state index contributed by atoms with van der Waals surface area (Å²) in [5.74, 6) is 0.0530. The Morgan fingerprint density at radius 1 is 1.06 bits per heavy atom. The van der Waals surface area contributed by atoms with E-state index in [2.05, 4.69) is 4.98 Å². The smallest absolute Gasteiger partial charge is 0.186 e. The van der Waals surface area contributed by atoms with Crippen LogP contribution < -0.4 is 0 Å². The predicted molar refractivity (Wildman–Crippen MR) is 74.2 cm³/mol. The van der Waals surface area contributed by atoms with Crippen LogP contribution in [0.2, 0.25) is 0 Å². The molecule has 18 heavy (non-hydrogen) atoms. The number of hydrogen-bond donors (Lipinski definition) is 1. The van der Waals surface area contributed by atoms with Crippen molar-refractivity contribution in [1.29, 1.82) is 0 Å². The van der Waals surface area contributed by atoms with Crippen molar-refractivity contribution in [3.63, 3.8) is 0 Å². The van der Waals surface area contributed by atoms with Crippen molar-refractivity contribution in [2.45, 2.75) is 33.6 Å². The second-order valence-corrected chi connectivity index (χ2v) is 4.87. The van der Waals surface area contributed by atoms with E-state index < -0.39 is 0 Å². The molecule has 1 aromatic carbocycles. The number of hydrogen-bond acceptors (Lipinski definition) is 1. The zero-order valence-electron chi connectivity index (χ0n) is 11.4. The van der Waals surface area contributed by atoms with E-state index in [9.17, 15) is 4.79 Å². The van der Waals surface area contributed by atoms with Gasteiger partial charge in [-0.15, -0.1) is 0 Å². The molecule has 0 aliphatic heterocycles. The fourth-order valence-corrected chi connectivity index (χ4v) is 2.20. The normalized spacial score (nSPS) is 12.4. The maximum atomic E-state index is 12.5. The van der Waals surface area contributed by atoms with Gasteiger partial charge >= 0.3 is 0 Å². The second kappa shape index (κ2) is 4.81. The first-order valence-electron chi connectivity index (χ1n) is 6.27. The highest BCUT2D eigenvalue weighted by Gasteiger charge is 2.21. The summed E-state index contributed by atoms with van der Waals surface area (Å²) in [5, 5.41) is 0. The van der Waals surface area contributed by atoms with Gasteiger partial charge in [-0.05, 0) is 37.5 Å². The molecule has 1 N–H and O–H groups in total. The Morgan fingerprint density at radius 2 is 1.67 bits per heavy atom. The summed E-state index contributed by atoms with van der Waals surface area (Å²) in [6.07, 6.45) is 0. The van der Waals surface area contributed by atoms with Gasteiger partial charge in [-0.25, -0.2) is 0 Å². The minimum Gasteiger partial charge on any atom is -0.356 e. The molecule has 0 bridgehead atoms. The van der Waals surface area contributed by atoms with Gasteiger partial charge in [0.2, 0.25) is 0 Å². The van der Waals surface area contributed by atoms with E-state index in [0.29, 0.717) is 0 Å². The first kappa shape index (κ1) is 12.6. The average Bonchev–Trinajstić information content (AvgIpc) is 2.66. The molecule has 1 unspecified atom stereocenters. The predicted octanol–water partition coefficient (Wildman–Crippen LogP) is 3.93. The third-order valence-corrected chi connectivity index (χ3v) is 3.75. The van der Waals surface area contributed by atoms with Crippen LogP contribution >= 0.6 is 0 Å². The highest BCUT2D eigenvalue weighted by molar-refractivity contribution is 6.00. The SMILES string of the molecule is Cc1[nH]c(C(=O)C(C)c2ccccc2)c(C)c1C. The van der Waals surface area contributed by atoms with Crippen molar-refractivity contribution < 1.29 is 4.79 Å². The van der Waals surface area contributed by atoms with Crippen LogP contribution in [0.15, 0.2) is 30.3 Å². The van der Waals surface area contributed by atoms with E-state index in [1.54, 1.807) is 0 Å². The maximum Gasteiger partial charge on any atom is 0.186 e. The summed E-state index contributed by atoms with van der Waals surface area (Å²) in [7, 11) is 0. The zero-order chi connectivity index (χ0) is 13.3. The molecular formula is C16H19NO. The van der Waals surface area contributed by atoms with Gasteiger partial charge in [-0.1, -0.05) is 37.3 Å². The van der Waals surface area contributed by atoms with Crippen LogP contribution in [0.5, 0.6) is 0 Å². The molecule has 0 saturated heterocycles. The lowest BCUT2D eigenvalue weighted by molar-refractivity contribution is 0.0961. The Labute approximate surface area is 108 Å². The lowest BCUT2D eigenvalue weighted by Crippen LogP contribution is -2.11. The third-order valence-electron chi connectivity index (χ3n) is 3.75. The number of Topliss-reactive ketones (excluding diaryl/α,β-unsaturated/α-hetero) is 1. The van der Waals surface area contributed by atoms with E-state index in [0.717, 1.165) is 22.5 Å². The van der Waals surface area contributed by atoms with Gasteiger partial charge in [0, 0.05) is 11.6 Å². The lowest BCUT2D eigenvalue weighted by atomic mass is 9.93. The first-order valence-corrected chi connectivity index (χ1v) is 6.27. The molecule has 0 saturated carbocycles. The van der Waals surface area contributed by atoms with Crippen molar-refractivity contribution in [3.05, 3.63) is 58.4 Å². The monoisotopic (exact) mass is 241 g/mol. The Hall–Kier alpha value is -1.83. The molecule has 2 nitrogen and oxygen atoms in total. The number of H-pyrrole nitrogens is 1. The van der Waals surface area contributed by atoms with Crippen molar-refractivity contribution in [2.75, 3.05) is 0 Å². The van der Waals surface area contributed by atoms with Crippen LogP contribution in [0.1, 0.15) is 45.7 Å². The average molecular weight is 241 g/mol. The fourth-order valence-electron chi connectivity index (χ4n) is 2.20. The molecule has 0 spiro atoms. The topological polar surface area (TPSA) is 32.9 Å². The van der Waals surface area contributed by atoms with Crippen LogP contribution in [0, 0.1) is 20.8 Å². The summed E-state index contributed by atoms with van der Waals surface area (Å²) >= 11 is 0. The Bertz CT molecular complexity index is 566. The van der Waals surface area contributed by atoms with Crippen molar-refractivity contribution >= 4 is 5.78 Å². The van der Waals surface area contributed by atoms with Gasteiger partial charge in [-0.3, -0.25) is 4.79 Å². The first-order chi connectivity index (χ1) is 8.52. The van der Waals surface area contributed by atoms with Crippen LogP contribution in [0.3, 0.4) is 0 Å². The van der Waals surface area contributed by atoms with Gasteiger partial charge < -0.3 is 4.98 Å². The van der Waals surface area contributed by atoms with Crippen molar-refractivity contribution in [2.24, 2.45) is 0 Å². The standard InChI is InChI=1S/C16H19NO/c1-10-11(2)15(17-13(10)4)16(18)12(3)14-8-6-5-7-9-14/h5-9,12,17H,1-4H3. The molecule has 2 aromatic rings. The van der Waals surface area contributed by atoms with E-state index in [-0.39, 0.29) is 11.7 Å². The molecule has 2 rings (SSSR count). The molecule has 2 heteroatoms. The highest BCUT2D eigenvalue weighted by atomic mass is 16.1. The Balaban J connectivity index is 2.35. The number of carbonyl (C=O) groups excluding carboxylic acids is 1. The van der Waals surface area contributed by atoms with E-state index in [1.807, 2.05) is 58.0 Å². The number of aromatic amines is 1. The second-order valence-electron chi connectivity index (χ2n) is 4.87. The summed E-state index contributed by atoms with van der Waals surface area (Å²) in [4.78, 5) is 15.7. The zero-order valence-corrected chi connectivity index (χ0v) is 11.4. The van der Waals surface area contributed by atoms with Gasteiger partial charge in [0.25, 0.3) is 0 Å². The Kier molecular flexibility index (Phi) is 3.37. The van der Waals surface area contributed by atoms with Gasteiger partial charge in [-0.2, -0.15) is 0 Å². The lowest BCUT2D eigenvalue weighted by Gasteiger charge is -2.10. The van der Waals surface area contributed by atoms with Crippen molar-refractivity contribution in [3.8, 4) is 0 Å². The van der Waals surface area contributed by atoms with E-state index >= 15 is 0 Å². The number of aromatic nitrogens is 1. The van der Waals surface area contributed by atoms with E-state index in [1.165, 1.54) is 5.56 Å². The fraction of sp³-hybridized carbons (Fsp3) is 0.312. The molecule has 0 radical (unpaired) electrons. The molecule has 0 fully saturated rings. The van der Waals surface area contributed by atoms with Gasteiger partial charge in [0.1, 0.15) is 0 Å². The summed E-state index contributed by atoms with van der Waals surface area (Å²) in [6.45, 7) is 8.02. The van der Waals surface area contributed by atoms with Crippen molar-refractivity contribution in [1.82, 2.24) is 4.98 Å². The number of benzene rings is 1. The summed E-state index contributed by atoms with van der Waals surface area (Å²) in [5.41, 5.74) is 5.14. The summed E-state index contributed by atoms with van der Waals surface area (Å²) < 4.78 is 0. The number of nitrogens with one attached hydrogen (secondary N) is 1. The minimum atomic E-state index is -0.109. The van der Waals surface area contributed by atoms with Crippen LogP contribution in [0.25, 0.3) is 0 Å². The molecule has 1 heterocycles. The number of rotatable bonds is 3. The quantitative estimate of drug-likeness (QED) is 0.811.